The molecule has 0 aliphatic heterocycles. The van der Waals surface area contributed by atoms with Crippen LogP contribution in [0.3, 0.4) is 0 Å². The molecule has 0 aromatic carbocycles. The molecule has 2 unspecified atom stereocenters. The SMILES string of the molecule is CCCCCCCCCCCCCCCCCCCCCCCCCCCC(O)C(CO)NC(=O)CCCCCCCCCCCCCCCCCCC/C=C\CCCCCCCCCCCCCCCCOC(=O)CCCCCCCCCCCCCCCCCCCCC. The summed E-state index contributed by atoms with van der Waals surface area (Å²) in [6, 6.07) is -0.540. The van der Waals surface area contributed by atoms with E-state index in [1.807, 2.05) is 0 Å². The zero-order valence-electron chi connectivity index (χ0n) is 65.9. The number of hydrogen-bond acceptors (Lipinski definition) is 5. The number of ether oxygens (including phenoxy) is 1. The molecule has 6 heteroatoms. The number of rotatable bonds is 86. The van der Waals surface area contributed by atoms with Crippen LogP contribution in [0.4, 0.5) is 0 Å². The van der Waals surface area contributed by atoms with Crippen molar-refractivity contribution >= 4 is 11.9 Å². The van der Waals surface area contributed by atoms with E-state index in [0.29, 0.717) is 25.9 Å². The Morgan fingerprint density at radius 3 is 0.740 bits per heavy atom. The van der Waals surface area contributed by atoms with Crippen molar-refractivity contribution in [3.05, 3.63) is 12.2 Å². The number of carbonyl (C=O) groups is 2. The van der Waals surface area contributed by atoms with Crippen LogP contribution in [0.2, 0.25) is 0 Å². The quantitative estimate of drug-likeness (QED) is 0.0320. The van der Waals surface area contributed by atoms with Gasteiger partial charge in [-0.2, -0.15) is 0 Å². The highest BCUT2D eigenvalue weighted by molar-refractivity contribution is 5.76. The summed E-state index contributed by atoms with van der Waals surface area (Å²) in [6.07, 6.45) is 111. The molecule has 3 N–H and O–H groups in total. The number of aliphatic hydroxyl groups excluding tert-OH is 2. The minimum absolute atomic E-state index is 0.0244. The molecule has 2 atom stereocenters. The molecule has 0 spiro atoms. The monoisotopic (exact) mass is 1350 g/mol. The van der Waals surface area contributed by atoms with Crippen LogP contribution < -0.4 is 5.32 Å². The summed E-state index contributed by atoms with van der Waals surface area (Å²) in [5.41, 5.74) is 0. The zero-order chi connectivity index (χ0) is 69.1. The van der Waals surface area contributed by atoms with Crippen LogP contribution >= 0.6 is 0 Å². The van der Waals surface area contributed by atoms with E-state index in [4.69, 9.17) is 4.74 Å². The summed E-state index contributed by atoms with van der Waals surface area (Å²) >= 11 is 0. The number of allylic oxidation sites excluding steroid dienone is 2. The summed E-state index contributed by atoms with van der Waals surface area (Å²) < 4.78 is 5.53. The highest BCUT2D eigenvalue weighted by Crippen LogP contribution is 2.21. The van der Waals surface area contributed by atoms with E-state index >= 15 is 0 Å². The normalized spacial score (nSPS) is 12.4. The molecule has 0 aliphatic carbocycles. The van der Waals surface area contributed by atoms with Crippen LogP contribution in [0.5, 0.6) is 0 Å². The second-order valence-corrected chi connectivity index (χ2v) is 31.3. The molecule has 0 saturated carbocycles. The van der Waals surface area contributed by atoms with Crippen LogP contribution in [-0.2, 0) is 14.3 Å². The first-order valence-corrected chi connectivity index (χ1v) is 44.9. The van der Waals surface area contributed by atoms with E-state index in [2.05, 4.69) is 31.3 Å². The number of nitrogens with one attached hydrogen (secondary N) is 1. The van der Waals surface area contributed by atoms with E-state index < -0.39 is 12.1 Å². The third-order valence-corrected chi connectivity index (χ3v) is 21.6. The first-order valence-electron chi connectivity index (χ1n) is 44.9. The second kappa shape index (κ2) is 86.0. The van der Waals surface area contributed by atoms with Gasteiger partial charge >= 0.3 is 5.97 Å². The first kappa shape index (κ1) is 94.6. The van der Waals surface area contributed by atoms with Gasteiger partial charge in [0.1, 0.15) is 0 Å². The van der Waals surface area contributed by atoms with Crippen LogP contribution in [0.1, 0.15) is 528 Å². The number of esters is 1. The van der Waals surface area contributed by atoms with Gasteiger partial charge in [0.25, 0.3) is 0 Å². The largest absolute Gasteiger partial charge is 0.466 e. The number of carbonyl (C=O) groups excluding carboxylic acids is 2. The second-order valence-electron chi connectivity index (χ2n) is 31.3. The van der Waals surface area contributed by atoms with Crippen LogP contribution in [-0.4, -0.2) is 47.4 Å². The summed E-state index contributed by atoms with van der Waals surface area (Å²) in [6.45, 7) is 5.03. The third-order valence-electron chi connectivity index (χ3n) is 21.6. The molecule has 0 saturated heterocycles. The van der Waals surface area contributed by atoms with Gasteiger partial charge in [-0.15, -0.1) is 0 Å². The van der Waals surface area contributed by atoms with Gasteiger partial charge in [-0.3, -0.25) is 9.59 Å². The topological polar surface area (TPSA) is 95.9 Å². The Hall–Kier alpha value is -1.40. The van der Waals surface area contributed by atoms with E-state index in [1.54, 1.807) is 0 Å². The van der Waals surface area contributed by atoms with Crippen molar-refractivity contribution in [2.45, 2.75) is 540 Å². The van der Waals surface area contributed by atoms with Crippen molar-refractivity contribution in [1.29, 1.82) is 0 Å². The maximum atomic E-state index is 12.6. The molecule has 0 aliphatic rings. The average Bonchev–Trinajstić information content (AvgIpc) is 2.98. The molecule has 0 heterocycles. The van der Waals surface area contributed by atoms with E-state index in [0.717, 1.165) is 38.5 Å². The fourth-order valence-corrected chi connectivity index (χ4v) is 14.8. The molecular formula is C90H177NO5. The third kappa shape index (κ3) is 81.6. The Balaban J connectivity index is 3.33. The van der Waals surface area contributed by atoms with E-state index in [9.17, 15) is 19.8 Å². The zero-order valence-corrected chi connectivity index (χ0v) is 65.9. The first-order chi connectivity index (χ1) is 47.5. The molecule has 0 aromatic rings. The fourth-order valence-electron chi connectivity index (χ4n) is 14.8. The lowest BCUT2D eigenvalue weighted by atomic mass is 10.0. The van der Waals surface area contributed by atoms with Gasteiger partial charge in [0.2, 0.25) is 5.91 Å². The molecular weight excluding hydrogens is 1170 g/mol. The predicted molar refractivity (Wildman–Crippen MR) is 426 cm³/mol. The average molecular weight is 1350 g/mol. The van der Waals surface area contributed by atoms with Gasteiger partial charge in [0.05, 0.1) is 25.4 Å². The van der Waals surface area contributed by atoms with Gasteiger partial charge in [-0.05, 0) is 51.4 Å². The lowest BCUT2D eigenvalue weighted by Gasteiger charge is -2.22. The number of unbranched alkanes of at least 4 members (excludes halogenated alkanes) is 73. The summed E-state index contributed by atoms with van der Waals surface area (Å²) in [5, 5.41) is 23.5. The minimum atomic E-state index is -0.663. The van der Waals surface area contributed by atoms with Crippen molar-refractivity contribution < 1.29 is 24.5 Å². The van der Waals surface area contributed by atoms with Crippen molar-refractivity contribution in [2.75, 3.05) is 13.2 Å². The van der Waals surface area contributed by atoms with Crippen LogP contribution in [0.15, 0.2) is 12.2 Å². The van der Waals surface area contributed by atoms with E-state index in [-0.39, 0.29) is 18.5 Å². The highest BCUT2D eigenvalue weighted by atomic mass is 16.5. The van der Waals surface area contributed by atoms with Gasteiger partial charge in [-0.1, -0.05) is 475 Å². The summed E-state index contributed by atoms with van der Waals surface area (Å²) in [5.74, 6) is 0.00228. The maximum absolute atomic E-state index is 12.6. The molecule has 0 aromatic heterocycles. The smallest absolute Gasteiger partial charge is 0.305 e. The molecule has 572 valence electrons. The minimum Gasteiger partial charge on any atom is -0.466 e. The Morgan fingerprint density at radius 1 is 0.281 bits per heavy atom. The molecule has 0 radical (unpaired) electrons. The molecule has 0 fully saturated rings. The Bertz CT molecular complexity index is 1470. The maximum Gasteiger partial charge on any atom is 0.305 e. The Morgan fingerprint density at radius 2 is 0.490 bits per heavy atom. The van der Waals surface area contributed by atoms with Gasteiger partial charge in [-0.25, -0.2) is 0 Å². The Kier molecular flexibility index (Phi) is 84.8. The fraction of sp³-hybridized carbons (Fsp3) is 0.956. The van der Waals surface area contributed by atoms with Crippen molar-refractivity contribution in [3.63, 3.8) is 0 Å². The standard InChI is InChI=1S/C90H177NO5/c1-3-5-7-9-11-13-15-17-19-21-23-24-25-37-40-43-47-50-54-58-62-66-70-74-78-82-88(93)87(86-92)91-89(94)83-79-75-71-67-63-59-55-51-48-44-41-38-35-33-31-29-27-26-28-30-32-34-36-39-42-45-49-53-57-61-65-69-73-77-81-85-96-90(95)84-80-76-72-68-64-60-56-52-46-22-20-18-16-14-12-10-8-6-4-2/h28,30,87-88,92-93H,3-27,29,31-86H2,1-2H3,(H,91,94)/b30-28-. The number of aliphatic hydroxyl groups is 2. The van der Waals surface area contributed by atoms with Gasteiger partial charge in [0, 0.05) is 12.8 Å². The summed E-state index contributed by atoms with van der Waals surface area (Å²) in [7, 11) is 0. The summed E-state index contributed by atoms with van der Waals surface area (Å²) in [4.78, 5) is 24.7. The number of amides is 1. The molecule has 0 rings (SSSR count). The highest BCUT2D eigenvalue weighted by Gasteiger charge is 2.20. The van der Waals surface area contributed by atoms with Crippen LogP contribution in [0, 0.1) is 0 Å². The lowest BCUT2D eigenvalue weighted by Crippen LogP contribution is -2.45. The van der Waals surface area contributed by atoms with Crippen molar-refractivity contribution in [3.8, 4) is 0 Å². The van der Waals surface area contributed by atoms with Crippen LogP contribution in [0.25, 0.3) is 0 Å². The van der Waals surface area contributed by atoms with Crippen molar-refractivity contribution in [1.82, 2.24) is 5.32 Å². The molecule has 6 nitrogen and oxygen atoms in total. The van der Waals surface area contributed by atoms with Crippen molar-refractivity contribution in [2.24, 2.45) is 0 Å². The Labute approximate surface area is 603 Å². The molecule has 1 amide bonds. The molecule has 96 heavy (non-hydrogen) atoms. The molecule has 0 bridgehead atoms. The van der Waals surface area contributed by atoms with Gasteiger partial charge < -0.3 is 20.3 Å². The predicted octanol–water partition coefficient (Wildman–Crippen LogP) is 30.2. The van der Waals surface area contributed by atoms with Gasteiger partial charge in [0.15, 0.2) is 0 Å². The van der Waals surface area contributed by atoms with E-state index in [1.165, 1.54) is 456 Å². The lowest BCUT2D eigenvalue weighted by molar-refractivity contribution is -0.143. The number of hydrogen-bond donors (Lipinski definition) is 3.